The van der Waals surface area contributed by atoms with E-state index in [1.165, 1.54) is 5.56 Å². The van der Waals surface area contributed by atoms with E-state index in [1.54, 1.807) is 7.11 Å². The Kier molecular flexibility index (Phi) is 4.23. The summed E-state index contributed by atoms with van der Waals surface area (Å²) in [5.41, 5.74) is 4.42. The first-order chi connectivity index (χ1) is 9.10. The Bertz CT molecular complexity index is 561. The fraction of sp³-hybridized carbons (Fsp3) is 0.294. The van der Waals surface area contributed by atoms with Crippen molar-refractivity contribution in [3.63, 3.8) is 0 Å². The Balaban J connectivity index is 2.17. The van der Waals surface area contributed by atoms with E-state index in [4.69, 9.17) is 4.74 Å². The van der Waals surface area contributed by atoms with E-state index >= 15 is 0 Å². The van der Waals surface area contributed by atoms with Crippen molar-refractivity contribution >= 4 is 0 Å². The molecule has 0 saturated carbocycles. The predicted molar refractivity (Wildman–Crippen MR) is 77.6 cm³/mol. The number of ether oxygens (including phenoxy) is 1. The monoisotopic (exact) mass is 256 g/mol. The van der Waals surface area contributed by atoms with Crippen LogP contribution in [-0.2, 0) is 6.42 Å². The van der Waals surface area contributed by atoms with E-state index in [-0.39, 0.29) is 0 Å². The van der Waals surface area contributed by atoms with E-state index in [9.17, 15) is 5.11 Å². The van der Waals surface area contributed by atoms with E-state index in [2.05, 4.69) is 13.0 Å². The number of methoxy groups -OCH3 is 1. The Labute approximate surface area is 114 Å². The van der Waals surface area contributed by atoms with Crippen LogP contribution in [0.2, 0.25) is 0 Å². The minimum atomic E-state index is -0.479. The summed E-state index contributed by atoms with van der Waals surface area (Å²) in [5.74, 6) is 0.824. The molecule has 1 atom stereocenters. The second-order valence-corrected chi connectivity index (χ2v) is 4.93. The van der Waals surface area contributed by atoms with Crippen LogP contribution < -0.4 is 4.74 Å². The van der Waals surface area contributed by atoms with Gasteiger partial charge in [-0.1, -0.05) is 35.9 Å². The van der Waals surface area contributed by atoms with Gasteiger partial charge in [-0.3, -0.25) is 0 Å². The summed E-state index contributed by atoms with van der Waals surface area (Å²) in [6.07, 6.45) is 0.119. The fourth-order valence-corrected chi connectivity index (χ4v) is 2.33. The Morgan fingerprint density at radius 1 is 1.11 bits per heavy atom. The molecule has 2 heteroatoms. The summed E-state index contributed by atoms with van der Waals surface area (Å²) in [4.78, 5) is 0. The molecule has 0 saturated heterocycles. The zero-order valence-corrected chi connectivity index (χ0v) is 11.7. The van der Waals surface area contributed by atoms with Gasteiger partial charge >= 0.3 is 0 Å². The van der Waals surface area contributed by atoms with Crippen molar-refractivity contribution in [1.29, 1.82) is 0 Å². The molecule has 0 fully saturated rings. The van der Waals surface area contributed by atoms with E-state index in [1.807, 2.05) is 43.3 Å². The minimum Gasteiger partial charge on any atom is -0.497 e. The lowest BCUT2D eigenvalue weighted by molar-refractivity contribution is 0.177. The highest BCUT2D eigenvalue weighted by molar-refractivity contribution is 5.34. The fourth-order valence-electron chi connectivity index (χ4n) is 2.33. The molecule has 100 valence electrons. The first-order valence-electron chi connectivity index (χ1n) is 6.48. The van der Waals surface area contributed by atoms with Crippen molar-refractivity contribution in [3.05, 3.63) is 64.7 Å². The van der Waals surface area contributed by atoms with Crippen LogP contribution >= 0.6 is 0 Å². The quantitative estimate of drug-likeness (QED) is 0.906. The average molecular weight is 256 g/mol. The lowest BCUT2D eigenvalue weighted by Crippen LogP contribution is -2.04. The van der Waals surface area contributed by atoms with Crippen molar-refractivity contribution in [2.75, 3.05) is 7.11 Å². The van der Waals surface area contributed by atoms with Gasteiger partial charge in [-0.25, -0.2) is 0 Å². The zero-order valence-electron chi connectivity index (χ0n) is 11.7. The van der Waals surface area contributed by atoms with Crippen molar-refractivity contribution in [1.82, 2.24) is 0 Å². The van der Waals surface area contributed by atoms with Gasteiger partial charge in [0.2, 0.25) is 0 Å². The first kappa shape index (κ1) is 13.6. The number of hydrogen-bond acceptors (Lipinski definition) is 2. The normalized spacial score (nSPS) is 12.2. The van der Waals surface area contributed by atoms with Crippen LogP contribution in [0.15, 0.2) is 42.5 Å². The van der Waals surface area contributed by atoms with Gasteiger partial charge in [-0.15, -0.1) is 0 Å². The molecule has 0 bridgehead atoms. The number of aliphatic hydroxyl groups excluding tert-OH is 1. The minimum absolute atomic E-state index is 0.479. The highest BCUT2D eigenvalue weighted by atomic mass is 16.5. The number of aryl methyl sites for hydroxylation is 2. The molecule has 19 heavy (non-hydrogen) atoms. The molecule has 0 aliphatic rings. The van der Waals surface area contributed by atoms with Crippen LogP contribution in [0.25, 0.3) is 0 Å². The first-order valence-corrected chi connectivity index (χ1v) is 6.48. The van der Waals surface area contributed by atoms with Gasteiger partial charge in [-0.2, -0.15) is 0 Å². The largest absolute Gasteiger partial charge is 0.497 e. The molecule has 0 aromatic heterocycles. The van der Waals surface area contributed by atoms with Crippen LogP contribution in [0.5, 0.6) is 5.75 Å². The number of hydrogen-bond donors (Lipinski definition) is 1. The van der Waals surface area contributed by atoms with Crippen molar-refractivity contribution in [2.24, 2.45) is 0 Å². The molecule has 2 nitrogen and oxygen atoms in total. The summed E-state index contributed by atoms with van der Waals surface area (Å²) < 4.78 is 5.20. The van der Waals surface area contributed by atoms with Gasteiger partial charge in [0.1, 0.15) is 5.75 Å². The summed E-state index contributed by atoms with van der Waals surface area (Å²) in [5, 5.41) is 10.4. The third kappa shape index (κ3) is 3.36. The van der Waals surface area contributed by atoms with Crippen LogP contribution in [0.3, 0.4) is 0 Å². The Morgan fingerprint density at radius 3 is 2.58 bits per heavy atom. The lowest BCUT2D eigenvalue weighted by Gasteiger charge is -2.15. The summed E-state index contributed by atoms with van der Waals surface area (Å²) >= 11 is 0. The van der Waals surface area contributed by atoms with Gasteiger partial charge in [0, 0.05) is 6.42 Å². The van der Waals surface area contributed by atoms with E-state index < -0.39 is 6.10 Å². The smallest absolute Gasteiger partial charge is 0.119 e. The van der Waals surface area contributed by atoms with Gasteiger partial charge in [0.05, 0.1) is 13.2 Å². The summed E-state index contributed by atoms with van der Waals surface area (Å²) in [7, 11) is 1.65. The molecular weight excluding hydrogens is 236 g/mol. The molecule has 0 aliphatic heterocycles. The van der Waals surface area contributed by atoms with E-state index in [0.29, 0.717) is 6.42 Å². The molecule has 0 aliphatic carbocycles. The molecular formula is C17H20O2. The van der Waals surface area contributed by atoms with Crippen LogP contribution in [0.1, 0.15) is 28.4 Å². The topological polar surface area (TPSA) is 29.5 Å². The highest BCUT2D eigenvalue weighted by Gasteiger charge is 2.11. The molecule has 2 rings (SSSR count). The van der Waals surface area contributed by atoms with Crippen molar-refractivity contribution in [3.8, 4) is 5.75 Å². The predicted octanol–water partition coefficient (Wildman–Crippen LogP) is 3.59. The molecule has 0 radical (unpaired) electrons. The number of benzene rings is 2. The average Bonchev–Trinajstić information content (AvgIpc) is 2.38. The molecule has 2 aromatic carbocycles. The van der Waals surface area contributed by atoms with Crippen LogP contribution in [-0.4, -0.2) is 12.2 Å². The molecule has 0 spiro atoms. The maximum absolute atomic E-state index is 10.4. The zero-order chi connectivity index (χ0) is 13.8. The van der Waals surface area contributed by atoms with Gasteiger partial charge in [0.25, 0.3) is 0 Å². The van der Waals surface area contributed by atoms with E-state index in [0.717, 1.165) is 22.4 Å². The summed E-state index contributed by atoms with van der Waals surface area (Å²) in [6, 6.07) is 14.0. The number of rotatable bonds is 4. The van der Waals surface area contributed by atoms with Crippen molar-refractivity contribution in [2.45, 2.75) is 26.4 Å². The SMILES string of the molecule is COc1cccc(CC(O)c2ccc(C)cc2C)c1. The van der Waals surface area contributed by atoms with Gasteiger partial charge < -0.3 is 9.84 Å². The lowest BCUT2D eigenvalue weighted by atomic mass is 9.96. The van der Waals surface area contributed by atoms with Gasteiger partial charge in [0.15, 0.2) is 0 Å². The summed E-state index contributed by atoms with van der Waals surface area (Å²) in [6.45, 7) is 4.10. The third-order valence-corrected chi connectivity index (χ3v) is 3.35. The molecule has 0 heterocycles. The third-order valence-electron chi connectivity index (χ3n) is 3.35. The Hall–Kier alpha value is -1.80. The molecule has 2 aromatic rings. The number of aliphatic hydroxyl groups is 1. The second-order valence-electron chi connectivity index (χ2n) is 4.93. The second kappa shape index (κ2) is 5.89. The van der Waals surface area contributed by atoms with Crippen LogP contribution in [0, 0.1) is 13.8 Å². The standard InChI is InChI=1S/C17H20O2/c1-12-7-8-16(13(2)9-12)17(18)11-14-5-4-6-15(10-14)19-3/h4-10,17-18H,11H2,1-3H3. The Morgan fingerprint density at radius 2 is 1.89 bits per heavy atom. The maximum atomic E-state index is 10.4. The van der Waals surface area contributed by atoms with Crippen LogP contribution in [0.4, 0.5) is 0 Å². The maximum Gasteiger partial charge on any atom is 0.119 e. The molecule has 1 N–H and O–H groups in total. The highest BCUT2D eigenvalue weighted by Crippen LogP contribution is 2.24. The van der Waals surface area contributed by atoms with Crippen molar-refractivity contribution < 1.29 is 9.84 Å². The molecule has 1 unspecified atom stereocenters. The molecule has 0 amide bonds. The van der Waals surface area contributed by atoms with Gasteiger partial charge in [-0.05, 0) is 42.7 Å².